The van der Waals surface area contributed by atoms with Gasteiger partial charge in [0.15, 0.2) is 17.3 Å². The molecule has 0 saturated carbocycles. The third kappa shape index (κ3) is 5.47. The number of Topliss-reactive ketones (excluding diaryl/α,β-unsaturated/α-hetero) is 3. The van der Waals surface area contributed by atoms with Crippen LogP contribution in [-0.2, 0) is 0 Å². The van der Waals surface area contributed by atoms with Crippen LogP contribution in [0, 0.1) is 23.7 Å². The summed E-state index contributed by atoms with van der Waals surface area (Å²) in [5, 5.41) is 0. The highest BCUT2D eigenvalue weighted by Gasteiger charge is 2.35. The van der Waals surface area contributed by atoms with Gasteiger partial charge in [-0.05, 0) is 12.3 Å². The highest BCUT2D eigenvalue weighted by Crippen LogP contribution is 2.33. The average molecular weight is 427 g/mol. The van der Waals surface area contributed by atoms with Crippen molar-refractivity contribution in [1.29, 1.82) is 0 Å². The fourth-order valence-electron chi connectivity index (χ4n) is 4.36. The minimum Gasteiger partial charge on any atom is -0.294 e. The number of ketones is 3. The zero-order chi connectivity index (χ0) is 23.1. The number of hydrogen-bond acceptors (Lipinski definition) is 3. The van der Waals surface area contributed by atoms with E-state index in [1.54, 1.807) is 24.3 Å². The Bertz CT molecular complexity index is 984. The first-order valence-electron chi connectivity index (χ1n) is 11.2. The van der Waals surface area contributed by atoms with Gasteiger partial charge in [0.05, 0.1) is 0 Å². The first kappa shape index (κ1) is 23.3. The Morgan fingerprint density at radius 3 is 1.19 bits per heavy atom. The number of carbonyl (C=O) groups excluding carboxylic acids is 3. The van der Waals surface area contributed by atoms with E-state index < -0.39 is 11.8 Å². The highest BCUT2D eigenvalue weighted by atomic mass is 16.1. The third-order valence-electron chi connectivity index (χ3n) is 6.36. The summed E-state index contributed by atoms with van der Waals surface area (Å²) in [4.78, 5) is 39.6. The van der Waals surface area contributed by atoms with Crippen molar-refractivity contribution >= 4 is 17.3 Å². The van der Waals surface area contributed by atoms with E-state index in [1.807, 2.05) is 87.5 Å². The van der Waals surface area contributed by atoms with Crippen LogP contribution in [0.2, 0.25) is 0 Å². The van der Waals surface area contributed by atoms with E-state index in [9.17, 15) is 14.4 Å². The Balaban J connectivity index is 1.88. The van der Waals surface area contributed by atoms with Crippen molar-refractivity contribution in [2.24, 2.45) is 23.7 Å². The largest absolute Gasteiger partial charge is 0.294 e. The van der Waals surface area contributed by atoms with Crippen molar-refractivity contribution in [3.63, 3.8) is 0 Å². The predicted molar refractivity (Wildman–Crippen MR) is 128 cm³/mol. The summed E-state index contributed by atoms with van der Waals surface area (Å²) < 4.78 is 0. The fraction of sp³-hybridized carbons (Fsp3) is 0.276. The zero-order valence-electron chi connectivity index (χ0n) is 18.9. The molecule has 0 heterocycles. The van der Waals surface area contributed by atoms with Gasteiger partial charge in [-0.25, -0.2) is 0 Å². The molecule has 3 nitrogen and oxygen atoms in total. The van der Waals surface area contributed by atoms with Crippen molar-refractivity contribution < 1.29 is 14.4 Å². The SMILES string of the molecule is CC(CC(C(C)C(=O)c1ccccc1)C(C)C(=O)c1ccccc1)C(=O)c1ccccc1. The van der Waals surface area contributed by atoms with Gasteiger partial charge in [-0.2, -0.15) is 0 Å². The molecule has 3 heteroatoms. The minimum atomic E-state index is -0.397. The molecule has 0 amide bonds. The molecule has 0 aromatic heterocycles. The Morgan fingerprint density at radius 2 is 0.844 bits per heavy atom. The van der Waals surface area contributed by atoms with E-state index in [4.69, 9.17) is 0 Å². The maximum atomic E-state index is 13.3. The number of benzene rings is 3. The minimum absolute atomic E-state index is 0.00247. The van der Waals surface area contributed by atoms with Crippen LogP contribution < -0.4 is 0 Å². The van der Waals surface area contributed by atoms with Gasteiger partial charge in [0.2, 0.25) is 0 Å². The summed E-state index contributed by atoms with van der Waals surface area (Å²) in [7, 11) is 0. The van der Waals surface area contributed by atoms with Gasteiger partial charge in [0.1, 0.15) is 0 Å². The first-order chi connectivity index (χ1) is 15.4. The summed E-state index contributed by atoms with van der Waals surface area (Å²) in [6.45, 7) is 5.66. The highest BCUT2D eigenvalue weighted by molar-refractivity contribution is 6.01. The smallest absolute Gasteiger partial charge is 0.165 e. The Kier molecular flexibility index (Phi) is 7.88. The maximum absolute atomic E-state index is 13.3. The number of hydrogen-bond donors (Lipinski definition) is 0. The van der Waals surface area contributed by atoms with Crippen LogP contribution in [0.5, 0.6) is 0 Å². The lowest BCUT2D eigenvalue weighted by Crippen LogP contribution is -2.33. The molecule has 3 aromatic rings. The van der Waals surface area contributed by atoms with Crippen molar-refractivity contribution in [2.45, 2.75) is 27.2 Å². The van der Waals surface area contributed by atoms with Crippen LogP contribution in [0.4, 0.5) is 0 Å². The molecule has 3 aromatic carbocycles. The molecule has 3 atom stereocenters. The molecule has 0 aliphatic rings. The van der Waals surface area contributed by atoms with Crippen molar-refractivity contribution in [2.75, 3.05) is 0 Å². The normalized spacial score (nSPS) is 14.7. The standard InChI is InChI=1S/C29H30O3/c1-20(27(30)23-13-7-4-8-14-23)19-26(21(2)28(31)24-15-9-5-10-16-24)22(3)29(32)25-17-11-6-12-18-25/h4-18,20-22,26H,19H2,1-3H3. The first-order valence-corrected chi connectivity index (χ1v) is 11.2. The second kappa shape index (κ2) is 10.8. The molecular weight excluding hydrogens is 396 g/mol. The Hall–Kier alpha value is -3.33. The summed E-state index contributed by atoms with van der Waals surface area (Å²) in [6.07, 6.45) is 0.465. The monoisotopic (exact) mass is 426 g/mol. The summed E-state index contributed by atoms with van der Waals surface area (Å²) in [6, 6.07) is 27.5. The Labute approximate surface area is 190 Å². The summed E-state index contributed by atoms with van der Waals surface area (Å²) in [5.41, 5.74) is 1.92. The van der Waals surface area contributed by atoms with E-state index in [1.165, 1.54) is 0 Å². The molecule has 0 aliphatic carbocycles. The molecule has 164 valence electrons. The zero-order valence-corrected chi connectivity index (χ0v) is 18.9. The van der Waals surface area contributed by atoms with Gasteiger partial charge >= 0.3 is 0 Å². The third-order valence-corrected chi connectivity index (χ3v) is 6.36. The fourth-order valence-corrected chi connectivity index (χ4v) is 4.36. The molecule has 3 unspecified atom stereocenters. The van der Waals surface area contributed by atoms with Crippen LogP contribution >= 0.6 is 0 Å². The van der Waals surface area contributed by atoms with Crippen LogP contribution in [0.1, 0.15) is 58.3 Å². The van der Waals surface area contributed by atoms with Crippen molar-refractivity contribution in [3.8, 4) is 0 Å². The summed E-state index contributed by atoms with van der Waals surface area (Å²) >= 11 is 0. The van der Waals surface area contributed by atoms with E-state index in [-0.39, 0.29) is 29.2 Å². The molecule has 0 spiro atoms. The van der Waals surface area contributed by atoms with E-state index in [2.05, 4.69) is 0 Å². The van der Waals surface area contributed by atoms with E-state index >= 15 is 0 Å². The molecular formula is C29H30O3. The Morgan fingerprint density at radius 1 is 0.531 bits per heavy atom. The van der Waals surface area contributed by atoms with Gasteiger partial charge < -0.3 is 0 Å². The van der Waals surface area contributed by atoms with Gasteiger partial charge in [-0.3, -0.25) is 14.4 Å². The molecule has 0 N–H and O–H groups in total. The second-order valence-corrected chi connectivity index (χ2v) is 8.57. The van der Waals surface area contributed by atoms with Crippen LogP contribution in [-0.4, -0.2) is 17.3 Å². The van der Waals surface area contributed by atoms with Gasteiger partial charge in [0, 0.05) is 34.4 Å². The molecule has 0 radical (unpaired) electrons. The quantitative estimate of drug-likeness (QED) is 0.345. The van der Waals surface area contributed by atoms with Crippen LogP contribution in [0.3, 0.4) is 0 Å². The molecule has 3 rings (SSSR count). The molecule has 32 heavy (non-hydrogen) atoms. The molecule has 0 fully saturated rings. The maximum Gasteiger partial charge on any atom is 0.165 e. The predicted octanol–water partition coefficient (Wildman–Crippen LogP) is 6.55. The summed E-state index contributed by atoms with van der Waals surface area (Å²) in [5.74, 6) is -1.32. The van der Waals surface area contributed by atoms with Gasteiger partial charge in [0.25, 0.3) is 0 Å². The van der Waals surface area contributed by atoms with Crippen molar-refractivity contribution in [3.05, 3.63) is 108 Å². The number of rotatable bonds is 10. The average Bonchev–Trinajstić information content (AvgIpc) is 2.86. The van der Waals surface area contributed by atoms with Crippen molar-refractivity contribution in [1.82, 2.24) is 0 Å². The van der Waals surface area contributed by atoms with E-state index in [0.29, 0.717) is 23.1 Å². The molecule has 0 aliphatic heterocycles. The lowest BCUT2D eigenvalue weighted by atomic mass is 9.72. The van der Waals surface area contributed by atoms with Gasteiger partial charge in [-0.15, -0.1) is 0 Å². The van der Waals surface area contributed by atoms with Crippen LogP contribution in [0.25, 0.3) is 0 Å². The number of carbonyl (C=O) groups is 3. The second-order valence-electron chi connectivity index (χ2n) is 8.57. The molecule has 0 saturated heterocycles. The van der Waals surface area contributed by atoms with Crippen LogP contribution in [0.15, 0.2) is 91.0 Å². The molecule has 0 bridgehead atoms. The lowest BCUT2D eigenvalue weighted by Gasteiger charge is -2.30. The topological polar surface area (TPSA) is 51.2 Å². The lowest BCUT2D eigenvalue weighted by molar-refractivity contribution is 0.0718. The van der Waals surface area contributed by atoms with E-state index in [0.717, 1.165) is 0 Å². The van der Waals surface area contributed by atoms with Gasteiger partial charge in [-0.1, -0.05) is 112 Å².